The molecule has 210 valence electrons. The fraction of sp³-hybridized carbons (Fsp3) is 0.682. The van der Waals surface area contributed by atoms with Crippen LogP contribution in [0.3, 0.4) is 0 Å². The highest BCUT2D eigenvalue weighted by Crippen LogP contribution is 2.49. The van der Waals surface area contributed by atoms with E-state index in [0.717, 1.165) is 16.4 Å². The molecule has 1 rings (SSSR count). The fourth-order valence-electron chi connectivity index (χ4n) is 2.28. The number of carbonyl (C=O) groups is 3. The summed E-state index contributed by atoms with van der Waals surface area (Å²) in [6.45, 7) is 8.51. The maximum Gasteiger partial charge on any atom is 0.336 e. The van der Waals surface area contributed by atoms with E-state index in [0.29, 0.717) is 4.88 Å². The van der Waals surface area contributed by atoms with Gasteiger partial charge in [-0.1, -0.05) is 11.3 Å². The smallest absolute Gasteiger partial charge is 0.336 e. The molecule has 0 saturated heterocycles. The maximum atomic E-state index is 13.2. The molecule has 0 aliphatic rings. The Morgan fingerprint density at radius 1 is 1.00 bits per heavy atom. The van der Waals surface area contributed by atoms with Crippen molar-refractivity contribution in [2.75, 3.05) is 26.8 Å². The summed E-state index contributed by atoms with van der Waals surface area (Å²) in [4.78, 5) is 52.4. The van der Waals surface area contributed by atoms with Gasteiger partial charge in [0.15, 0.2) is 0 Å². The SMILES string of the molecule is CN(OCc1ccc([N+](=O)[O-])s1)C(=O)CCCP(=O)(OCOC(=O)C(C)(C)C)OCOC(=O)C(C)(C)C. The molecule has 0 saturated carbocycles. The van der Waals surface area contributed by atoms with Gasteiger partial charge in [0.1, 0.15) is 6.61 Å². The Kier molecular flexibility index (Phi) is 12.3. The number of hydroxylamine groups is 2. The number of rotatable bonds is 14. The second-order valence-corrected chi connectivity index (χ2v) is 13.3. The Labute approximate surface area is 220 Å². The zero-order valence-electron chi connectivity index (χ0n) is 22.1. The summed E-state index contributed by atoms with van der Waals surface area (Å²) in [5.74, 6) is -1.61. The van der Waals surface area contributed by atoms with Crippen LogP contribution in [0.1, 0.15) is 59.3 Å². The minimum atomic E-state index is -3.92. The largest absolute Gasteiger partial charge is 0.438 e. The van der Waals surface area contributed by atoms with E-state index < -0.39 is 54.8 Å². The quantitative estimate of drug-likeness (QED) is 0.101. The summed E-state index contributed by atoms with van der Waals surface area (Å²) in [7, 11) is -2.54. The van der Waals surface area contributed by atoms with E-state index in [1.165, 1.54) is 19.2 Å². The van der Waals surface area contributed by atoms with E-state index in [-0.39, 0.29) is 30.6 Å². The molecule has 0 bridgehead atoms. The van der Waals surface area contributed by atoms with Gasteiger partial charge in [-0.2, -0.15) is 0 Å². The highest BCUT2D eigenvalue weighted by atomic mass is 32.1. The summed E-state index contributed by atoms with van der Waals surface area (Å²) in [6, 6.07) is 2.88. The van der Waals surface area contributed by atoms with Crippen LogP contribution in [-0.2, 0) is 48.9 Å². The third-order valence-corrected chi connectivity index (χ3v) is 7.38. The number of nitrogens with zero attached hydrogens (tertiary/aromatic N) is 2. The van der Waals surface area contributed by atoms with E-state index in [4.69, 9.17) is 23.4 Å². The molecule has 0 spiro atoms. The van der Waals surface area contributed by atoms with E-state index in [1.54, 1.807) is 41.5 Å². The van der Waals surface area contributed by atoms with Gasteiger partial charge in [0.2, 0.25) is 19.5 Å². The van der Waals surface area contributed by atoms with Gasteiger partial charge in [0, 0.05) is 24.4 Å². The highest BCUT2D eigenvalue weighted by molar-refractivity contribution is 7.53. The molecule has 0 N–H and O–H groups in total. The predicted octanol–water partition coefficient (Wildman–Crippen LogP) is 4.65. The molecule has 15 heteroatoms. The van der Waals surface area contributed by atoms with Crippen molar-refractivity contribution >= 4 is 41.8 Å². The minimum absolute atomic E-state index is 0.0373. The van der Waals surface area contributed by atoms with Crippen molar-refractivity contribution in [2.24, 2.45) is 10.8 Å². The van der Waals surface area contributed by atoms with Crippen molar-refractivity contribution in [2.45, 2.75) is 61.0 Å². The van der Waals surface area contributed by atoms with Gasteiger partial charge in [-0.05, 0) is 54.0 Å². The number of amides is 1. The van der Waals surface area contributed by atoms with Crippen molar-refractivity contribution in [3.8, 4) is 0 Å². The monoisotopic (exact) mass is 566 g/mol. The third kappa shape index (κ3) is 12.1. The Bertz CT molecular complexity index is 961. The van der Waals surface area contributed by atoms with Crippen LogP contribution in [0.5, 0.6) is 0 Å². The lowest BCUT2D eigenvalue weighted by Crippen LogP contribution is -2.27. The fourth-order valence-corrected chi connectivity index (χ4v) is 4.31. The first kappa shape index (κ1) is 32.6. The molecule has 0 radical (unpaired) electrons. The maximum absolute atomic E-state index is 13.2. The van der Waals surface area contributed by atoms with Gasteiger partial charge in [-0.15, -0.1) is 0 Å². The van der Waals surface area contributed by atoms with Crippen LogP contribution in [0.2, 0.25) is 0 Å². The van der Waals surface area contributed by atoms with Gasteiger partial charge in [0.05, 0.1) is 21.9 Å². The van der Waals surface area contributed by atoms with Gasteiger partial charge < -0.3 is 9.47 Å². The van der Waals surface area contributed by atoms with Crippen LogP contribution in [0, 0.1) is 20.9 Å². The first-order valence-corrected chi connectivity index (χ1v) is 13.8. The number of thiophene rings is 1. The lowest BCUT2D eigenvalue weighted by Gasteiger charge is -2.22. The van der Waals surface area contributed by atoms with Gasteiger partial charge in [-0.3, -0.25) is 42.9 Å². The van der Waals surface area contributed by atoms with Gasteiger partial charge in [0.25, 0.3) is 0 Å². The number of esters is 2. The second-order valence-electron chi connectivity index (χ2n) is 9.96. The average molecular weight is 567 g/mol. The molecule has 0 aliphatic carbocycles. The number of ether oxygens (including phenoxy) is 2. The zero-order valence-corrected chi connectivity index (χ0v) is 23.8. The zero-order chi connectivity index (χ0) is 28.4. The third-order valence-electron chi connectivity index (χ3n) is 4.51. The van der Waals surface area contributed by atoms with E-state index in [1.807, 2.05) is 0 Å². The topological polar surface area (TPSA) is 161 Å². The number of carbonyl (C=O) groups excluding carboxylic acids is 3. The first-order chi connectivity index (χ1) is 16.9. The molecule has 1 amide bonds. The Morgan fingerprint density at radius 2 is 1.51 bits per heavy atom. The van der Waals surface area contributed by atoms with Crippen molar-refractivity contribution in [1.82, 2.24) is 5.06 Å². The lowest BCUT2D eigenvalue weighted by molar-refractivity contribution is -0.380. The summed E-state index contributed by atoms with van der Waals surface area (Å²) >= 11 is 0.934. The lowest BCUT2D eigenvalue weighted by atomic mass is 9.98. The van der Waals surface area contributed by atoms with Crippen LogP contribution in [0.25, 0.3) is 0 Å². The average Bonchev–Trinajstić information content (AvgIpc) is 3.25. The molecule has 37 heavy (non-hydrogen) atoms. The van der Waals surface area contributed by atoms with Crippen LogP contribution in [-0.4, -0.2) is 54.6 Å². The van der Waals surface area contributed by atoms with Crippen molar-refractivity contribution in [1.29, 1.82) is 0 Å². The van der Waals surface area contributed by atoms with Crippen LogP contribution < -0.4 is 0 Å². The summed E-state index contributed by atoms with van der Waals surface area (Å²) in [5, 5.41) is 11.7. The number of hydrogen-bond acceptors (Lipinski definition) is 12. The molecule has 1 aromatic heterocycles. The van der Waals surface area contributed by atoms with Crippen molar-refractivity contribution in [3.63, 3.8) is 0 Å². The Hall–Kier alpha value is -2.38. The van der Waals surface area contributed by atoms with Crippen molar-refractivity contribution in [3.05, 3.63) is 27.1 Å². The standard InChI is InChI=1S/C22H35N2O11PS/c1-21(2,3)19(26)31-14-34-36(30,35-15-32-20(27)22(4,5)6)12-8-9-17(25)23(7)33-13-16-10-11-18(37-16)24(28)29/h10-11H,8-9,12-15H2,1-7H3. The number of nitro groups is 1. The highest BCUT2D eigenvalue weighted by Gasteiger charge is 2.30. The molecule has 0 unspecified atom stereocenters. The summed E-state index contributed by atoms with van der Waals surface area (Å²) < 4.78 is 33.6. The molecular weight excluding hydrogens is 531 g/mol. The van der Waals surface area contributed by atoms with Crippen LogP contribution in [0.4, 0.5) is 5.00 Å². The Balaban J connectivity index is 2.63. The second kappa shape index (κ2) is 14.0. The summed E-state index contributed by atoms with van der Waals surface area (Å²) in [6.07, 6.45) is -0.278. The van der Waals surface area contributed by atoms with Crippen LogP contribution in [0.15, 0.2) is 12.1 Å². The molecular formula is C22H35N2O11PS. The van der Waals surface area contributed by atoms with Crippen molar-refractivity contribution < 1.29 is 47.2 Å². The minimum Gasteiger partial charge on any atom is -0.438 e. The molecule has 1 aromatic rings. The van der Waals surface area contributed by atoms with Gasteiger partial charge in [-0.25, -0.2) is 5.06 Å². The number of hydrogen-bond donors (Lipinski definition) is 0. The first-order valence-electron chi connectivity index (χ1n) is 11.3. The van der Waals surface area contributed by atoms with E-state index in [9.17, 15) is 29.1 Å². The molecule has 1 heterocycles. The molecule has 0 fully saturated rings. The van der Waals surface area contributed by atoms with E-state index in [2.05, 4.69) is 0 Å². The molecule has 13 nitrogen and oxygen atoms in total. The molecule has 0 aliphatic heterocycles. The van der Waals surface area contributed by atoms with Crippen LogP contribution >= 0.6 is 18.9 Å². The van der Waals surface area contributed by atoms with Gasteiger partial charge >= 0.3 is 24.5 Å². The predicted molar refractivity (Wildman–Crippen MR) is 133 cm³/mol. The Morgan fingerprint density at radius 3 is 1.95 bits per heavy atom. The molecule has 0 atom stereocenters. The van der Waals surface area contributed by atoms with E-state index >= 15 is 0 Å². The summed E-state index contributed by atoms with van der Waals surface area (Å²) in [5.41, 5.74) is -1.61. The normalized spacial score (nSPS) is 12.2. The molecule has 0 aromatic carbocycles.